The maximum atomic E-state index is 12.1. The average molecular weight is 318 g/mol. The fraction of sp³-hybridized carbons (Fsp3) is 0.417. The van der Waals surface area contributed by atoms with Crippen LogP contribution in [-0.4, -0.2) is 25.0 Å². The first kappa shape index (κ1) is 12.9. The van der Waals surface area contributed by atoms with Crippen molar-refractivity contribution in [3.8, 4) is 0 Å². The fourth-order valence-corrected chi connectivity index (χ4v) is 2.51. The minimum atomic E-state index is -0.0468. The zero-order valence-electron chi connectivity index (χ0n) is 9.54. The molecule has 2 rings (SSSR count). The van der Waals surface area contributed by atoms with E-state index in [0.29, 0.717) is 5.02 Å². The molecule has 1 saturated heterocycles. The monoisotopic (exact) mass is 316 g/mol. The second-order valence-electron chi connectivity index (χ2n) is 3.99. The van der Waals surface area contributed by atoms with Gasteiger partial charge in [-0.1, -0.05) is 18.5 Å². The molecule has 0 aromatic heterocycles. The third-order valence-corrected chi connectivity index (χ3v) is 4.08. The van der Waals surface area contributed by atoms with Crippen LogP contribution in [0.3, 0.4) is 0 Å². The van der Waals surface area contributed by atoms with Gasteiger partial charge in [-0.15, -0.1) is 0 Å². The first-order chi connectivity index (χ1) is 8.13. The summed E-state index contributed by atoms with van der Waals surface area (Å²) in [6.07, 6.45) is 0.854. The normalized spacial score (nSPS) is 20.1. The molecule has 1 heterocycles. The van der Waals surface area contributed by atoms with Gasteiger partial charge in [-0.2, -0.15) is 0 Å². The number of benzene rings is 1. The van der Waals surface area contributed by atoms with E-state index < -0.39 is 0 Å². The molecule has 92 valence electrons. The number of nitrogens with zero attached hydrogens (tertiary/aromatic N) is 1. The second-order valence-corrected chi connectivity index (χ2v) is 5.25. The molecule has 1 aromatic carbocycles. The molecule has 1 aliphatic rings. The largest absolute Gasteiger partial charge is 0.311 e. The molecule has 3 nitrogen and oxygen atoms in total. The Bertz CT molecular complexity index is 439. The number of anilines is 1. The van der Waals surface area contributed by atoms with Crippen LogP contribution in [0.25, 0.3) is 0 Å². The Kier molecular flexibility index (Phi) is 4.07. The lowest BCUT2D eigenvalue weighted by Crippen LogP contribution is -2.38. The number of rotatable bonds is 3. The summed E-state index contributed by atoms with van der Waals surface area (Å²) >= 11 is 9.31. The smallest absolute Gasteiger partial charge is 0.244 e. The molecule has 1 N–H and O–H groups in total. The Labute approximate surface area is 114 Å². The van der Waals surface area contributed by atoms with Crippen molar-refractivity contribution in [2.24, 2.45) is 0 Å². The van der Waals surface area contributed by atoms with E-state index in [4.69, 9.17) is 11.6 Å². The first-order valence-electron chi connectivity index (χ1n) is 5.63. The van der Waals surface area contributed by atoms with Crippen LogP contribution in [0.5, 0.6) is 0 Å². The van der Waals surface area contributed by atoms with E-state index in [1.54, 1.807) is 11.0 Å². The van der Waals surface area contributed by atoms with Crippen molar-refractivity contribution in [2.75, 3.05) is 18.0 Å². The summed E-state index contributed by atoms with van der Waals surface area (Å²) in [5, 5.41) is 3.85. The molecule has 1 aromatic rings. The highest BCUT2D eigenvalue weighted by Crippen LogP contribution is 2.29. The summed E-state index contributed by atoms with van der Waals surface area (Å²) in [7, 11) is 0. The van der Waals surface area contributed by atoms with E-state index in [-0.39, 0.29) is 11.9 Å². The predicted octanol–water partition coefficient (Wildman–Crippen LogP) is 2.82. The van der Waals surface area contributed by atoms with Crippen molar-refractivity contribution < 1.29 is 4.79 Å². The van der Waals surface area contributed by atoms with Gasteiger partial charge in [0.15, 0.2) is 0 Å². The number of carbonyl (C=O) groups excluding carboxylic acids is 1. The van der Waals surface area contributed by atoms with Gasteiger partial charge < -0.3 is 10.2 Å². The third-order valence-electron chi connectivity index (χ3n) is 2.87. The van der Waals surface area contributed by atoms with Gasteiger partial charge in [-0.3, -0.25) is 4.79 Å². The van der Waals surface area contributed by atoms with Gasteiger partial charge in [0, 0.05) is 16.7 Å². The molecule has 1 amide bonds. The molecule has 1 unspecified atom stereocenters. The molecule has 0 aliphatic carbocycles. The molecule has 0 saturated carbocycles. The number of halogens is 2. The van der Waals surface area contributed by atoms with Crippen molar-refractivity contribution in [1.29, 1.82) is 0 Å². The minimum absolute atomic E-state index is 0.0468. The molecule has 0 spiro atoms. The molecule has 0 bridgehead atoms. The fourth-order valence-electron chi connectivity index (χ4n) is 2.03. The minimum Gasteiger partial charge on any atom is -0.311 e. The summed E-state index contributed by atoms with van der Waals surface area (Å²) in [6.45, 7) is 3.58. The van der Waals surface area contributed by atoms with Gasteiger partial charge in [0.25, 0.3) is 0 Å². The van der Waals surface area contributed by atoms with Gasteiger partial charge in [0.2, 0.25) is 5.91 Å². The number of hydrogen-bond donors (Lipinski definition) is 1. The van der Waals surface area contributed by atoms with Crippen LogP contribution in [0, 0.1) is 0 Å². The van der Waals surface area contributed by atoms with Crippen LogP contribution in [0.1, 0.15) is 13.3 Å². The van der Waals surface area contributed by atoms with E-state index in [1.807, 2.05) is 19.1 Å². The molecule has 1 aliphatic heterocycles. The van der Waals surface area contributed by atoms with Crippen molar-refractivity contribution in [1.82, 2.24) is 5.32 Å². The molecule has 0 radical (unpaired) electrons. The van der Waals surface area contributed by atoms with Gasteiger partial charge in [0.05, 0.1) is 11.1 Å². The van der Waals surface area contributed by atoms with Crippen LogP contribution in [-0.2, 0) is 4.79 Å². The number of nitrogens with one attached hydrogen (secondary N) is 1. The average Bonchev–Trinajstić information content (AvgIpc) is 2.66. The lowest BCUT2D eigenvalue weighted by molar-refractivity contribution is -0.118. The summed E-state index contributed by atoms with van der Waals surface area (Å²) in [4.78, 5) is 13.9. The summed E-state index contributed by atoms with van der Waals surface area (Å²) in [6, 6.07) is 5.51. The number of likely N-dealkylation sites (N-methyl/N-ethyl adjacent to an activating group) is 1. The molecule has 1 atom stereocenters. The van der Waals surface area contributed by atoms with E-state index in [0.717, 1.165) is 29.7 Å². The summed E-state index contributed by atoms with van der Waals surface area (Å²) < 4.78 is 0.816. The van der Waals surface area contributed by atoms with E-state index in [1.165, 1.54) is 0 Å². The van der Waals surface area contributed by atoms with Crippen LogP contribution in [0.15, 0.2) is 22.7 Å². The Hall–Kier alpha value is -0.580. The van der Waals surface area contributed by atoms with Gasteiger partial charge in [-0.25, -0.2) is 0 Å². The highest BCUT2D eigenvalue weighted by Gasteiger charge is 2.31. The van der Waals surface area contributed by atoms with Crippen molar-refractivity contribution in [3.05, 3.63) is 27.7 Å². The summed E-state index contributed by atoms with van der Waals surface area (Å²) in [5.74, 6) is 0.140. The van der Waals surface area contributed by atoms with Crippen LogP contribution >= 0.6 is 27.5 Å². The maximum absolute atomic E-state index is 12.1. The van der Waals surface area contributed by atoms with Crippen molar-refractivity contribution >= 4 is 39.1 Å². The Balaban J connectivity index is 2.18. The standard InChI is InChI=1S/C12H14BrClN2O/c1-2-15-11-5-6-16(12(11)17)8-3-4-10(14)9(13)7-8/h3-4,7,11,15H,2,5-6H2,1H3. The number of amides is 1. The first-order valence-corrected chi connectivity index (χ1v) is 6.80. The highest BCUT2D eigenvalue weighted by molar-refractivity contribution is 9.10. The SMILES string of the molecule is CCNC1CCN(c2ccc(Cl)c(Br)c2)C1=O. The van der Waals surface area contributed by atoms with Gasteiger partial charge >= 0.3 is 0 Å². The van der Waals surface area contributed by atoms with Crippen molar-refractivity contribution in [3.63, 3.8) is 0 Å². The van der Waals surface area contributed by atoms with Gasteiger partial charge in [0.1, 0.15) is 0 Å². The number of carbonyl (C=O) groups is 1. The Morgan fingerprint density at radius 2 is 2.35 bits per heavy atom. The lowest BCUT2D eigenvalue weighted by Gasteiger charge is -2.17. The second kappa shape index (κ2) is 5.38. The molecular weight excluding hydrogens is 304 g/mol. The maximum Gasteiger partial charge on any atom is 0.244 e. The topological polar surface area (TPSA) is 32.3 Å². The predicted molar refractivity (Wildman–Crippen MR) is 73.6 cm³/mol. The molecule has 17 heavy (non-hydrogen) atoms. The number of hydrogen-bond acceptors (Lipinski definition) is 2. The lowest BCUT2D eigenvalue weighted by atomic mass is 10.2. The molecule has 1 fully saturated rings. The third kappa shape index (κ3) is 2.64. The molecular formula is C12H14BrClN2O. The van der Waals surface area contributed by atoms with Crippen molar-refractivity contribution in [2.45, 2.75) is 19.4 Å². The van der Waals surface area contributed by atoms with Gasteiger partial charge in [-0.05, 0) is 47.1 Å². The van der Waals surface area contributed by atoms with Crippen LogP contribution < -0.4 is 10.2 Å². The zero-order chi connectivity index (χ0) is 12.4. The van der Waals surface area contributed by atoms with E-state index >= 15 is 0 Å². The quantitative estimate of drug-likeness (QED) is 0.930. The van der Waals surface area contributed by atoms with E-state index in [2.05, 4.69) is 21.2 Å². The van der Waals surface area contributed by atoms with Crippen LogP contribution in [0.2, 0.25) is 5.02 Å². The Morgan fingerprint density at radius 1 is 1.59 bits per heavy atom. The highest BCUT2D eigenvalue weighted by atomic mass is 79.9. The summed E-state index contributed by atoms with van der Waals surface area (Å²) in [5.41, 5.74) is 0.895. The van der Waals surface area contributed by atoms with E-state index in [9.17, 15) is 4.79 Å². The Morgan fingerprint density at radius 3 is 3.00 bits per heavy atom. The molecule has 5 heteroatoms. The zero-order valence-corrected chi connectivity index (χ0v) is 11.9. The van der Waals surface area contributed by atoms with Crippen LogP contribution in [0.4, 0.5) is 5.69 Å².